The molecular weight excluding hydrogens is 330 g/mol. The van der Waals surface area contributed by atoms with E-state index in [9.17, 15) is 5.11 Å². The molecule has 0 saturated heterocycles. The second kappa shape index (κ2) is 8.39. The maximum absolute atomic E-state index is 9.46. The summed E-state index contributed by atoms with van der Waals surface area (Å²) in [4.78, 5) is 3.39. The fourth-order valence-corrected chi connectivity index (χ4v) is 2.10. The summed E-state index contributed by atoms with van der Waals surface area (Å²) in [5.41, 5.74) is 7.50. The summed E-state index contributed by atoms with van der Waals surface area (Å²) in [6, 6.07) is 3.69. The van der Waals surface area contributed by atoms with Gasteiger partial charge in [0.15, 0.2) is 0 Å². The van der Waals surface area contributed by atoms with Crippen molar-refractivity contribution in [1.29, 1.82) is 0 Å². The van der Waals surface area contributed by atoms with Crippen LogP contribution >= 0.6 is 28.3 Å². The Hall–Kier alpha value is -0.800. The molecule has 0 spiro atoms. The number of aliphatic hydroxyl groups is 1. The summed E-state index contributed by atoms with van der Waals surface area (Å²) in [6.45, 7) is 11.2. The zero-order valence-electron chi connectivity index (χ0n) is 11.0. The van der Waals surface area contributed by atoms with Crippen LogP contribution in [0.1, 0.15) is 31.9 Å². The van der Waals surface area contributed by atoms with Crippen LogP contribution in [0.4, 0.5) is 11.4 Å². The van der Waals surface area contributed by atoms with Crippen molar-refractivity contribution in [1.82, 2.24) is 5.32 Å². The summed E-state index contributed by atoms with van der Waals surface area (Å²) in [7, 11) is 0. The summed E-state index contributed by atoms with van der Waals surface area (Å²) < 4.78 is 0.690. The van der Waals surface area contributed by atoms with Crippen molar-refractivity contribution in [2.75, 3.05) is 12.3 Å². The van der Waals surface area contributed by atoms with Crippen molar-refractivity contribution in [2.45, 2.75) is 32.4 Å². The van der Waals surface area contributed by atoms with E-state index in [2.05, 4.69) is 39.9 Å². The summed E-state index contributed by atoms with van der Waals surface area (Å²) in [5.74, 6) is 0. The highest BCUT2D eigenvalue weighted by Crippen LogP contribution is 2.33. The van der Waals surface area contributed by atoms with Gasteiger partial charge in [0.25, 0.3) is 0 Å². The van der Waals surface area contributed by atoms with E-state index in [4.69, 9.17) is 12.3 Å². The monoisotopic (exact) mass is 347 g/mol. The van der Waals surface area contributed by atoms with E-state index in [1.807, 2.05) is 6.07 Å². The van der Waals surface area contributed by atoms with E-state index in [-0.39, 0.29) is 25.1 Å². The third-order valence-electron chi connectivity index (χ3n) is 2.93. The molecule has 0 heterocycles. The average molecular weight is 349 g/mol. The number of nitrogens with one attached hydrogen (secondary N) is 1. The Labute approximate surface area is 128 Å². The summed E-state index contributed by atoms with van der Waals surface area (Å²) in [6.07, 6.45) is 0.975. The Morgan fingerprint density at radius 1 is 1.53 bits per heavy atom. The van der Waals surface area contributed by atoms with E-state index in [1.54, 1.807) is 6.07 Å². The van der Waals surface area contributed by atoms with Gasteiger partial charge in [-0.15, -0.1) is 12.4 Å². The molecule has 2 atom stereocenters. The van der Waals surface area contributed by atoms with Crippen LogP contribution < -0.4 is 11.1 Å². The fourth-order valence-electron chi connectivity index (χ4n) is 1.63. The van der Waals surface area contributed by atoms with E-state index in [0.717, 1.165) is 12.0 Å². The molecule has 0 aromatic heterocycles. The maximum atomic E-state index is 9.46. The van der Waals surface area contributed by atoms with Crippen LogP contribution in [-0.4, -0.2) is 17.8 Å². The fraction of sp³-hybridized carbons (Fsp3) is 0.462. The zero-order valence-corrected chi connectivity index (χ0v) is 13.4. The molecule has 1 aromatic carbocycles. The number of hydrogen-bond acceptors (Lipinski definition) is 3. The second-order valence-corrected chi connectivity index (χ2v) is 5.11. The first kappa shape index (κ1) is 18.2. The summed E-state index contributed by atoms with van der Waals surface area (Å²) in [5, 5.41) is 12.8. The van der Waals surface area contributed by atoms with Crippen LogP contribution in [0.3, 0.4) is 0 Å². The molecule has 6 heteroatoms. The Morgan fingerprint density at radius 3 is 2.63 bits per heavy atom. The lowest BCUT2D eigenvalue weighted by atomic mass is 10.0. The Kier molecular flexibility index (Phi) is 8.03. The third kappa shape index (κ3) is 4.66. The smallest absolute Gasteiger partial charge is 0.210 e. The lowest BCUT2D eigenvalue weighted by Crippen LogP contribution is -2.32. The standard InChI is InChI=1S/C13H18BrN3O.ClH/c1-4-8(2)17-12(7-18)9-5-10(14)13(15)11(6-9)16-3;/h5-6,8,12,17-18H,4,7,15H2,1-2H3;1H. The van der Waals surface area contributed by atoms with Crippen molar-refractivity contribution in [3.63, 3.8) is 0 Å². The normalized spacial score (nSPS) is 13.2. The minimum Gasteiger partial charge on any atom is -0.406 e. The van der Waals surface area contributed by atoms with E-state index in [1.165, 1.54) is 0 Å². The van der Waals surface area contributed by atoms with Gasteiger partial charge in [0, 0.05) is 10.5 Å². The van der Waals surface area contributed by atoms with Gasteiger partial charge < -0.3 is 16.2 Å². The average Bonchev–Trinajstić information content (AvgIpc) is 2.38. The highest BCUT2D eigenvalue weighted by molar-refractivity contribution is 9.10. The van der Waals surface area contributed by atoms with Crippen molar-refractivity contribution >= 4 is 39.7 Å². The van der Waals surface area contributed by atoms with E-state index < -0.39 is 0 Å². The van der Waals surface area contributed by atoms with Gasteiger partial charge in [-0.3, -0.25) is 0 Å². The zero-order chi connectivity index (χ0) is 13.7. The molecule has 0 aliphatic carbocycles. The summed E-state index contributed by atoms with van der Waals surface area (Å²) >= 11 is 3.34. The number of nitrogens with zero attached hydrogens (tertiary/aromatic N) is 1. The molecule has 0 amide bonds. The first-order chi connectivity index (χ1) is 8.53. The van der Waals surface area contributed by atoms with Crippen molar-refractivity contribution in [3.05, 3.63) is 33.6 Å². The molecular formula is C13H19BrClN3O. The lowest BCUT2D eigenvalue weighted by molar-refractivity contribution is 0.234. The first-order valence-electron chi connectivity index (χ1n) is 5.86. The van der Waals surface area contributed by atoms with Gasteiger partial charge in [-0.2, -0.15) is 0 Å². The molecule has 4 N–H and O–H groups in total. The molecule has 4 nitrogen and oxygen atoms in total. The highest BCUT2D eigenvalue weighted by Gasteiger charge is 2.15. The van der Waals surface area contributed by atoms with Gasteiger partial charge >= 0.3 is 0 Å². The minimum absolute atomic E-state index is 0. The second-order valence-electron chi connectivity index (χ2n) is 4.26. The SMILES string of the molecule is Cl.[C-]#[N+]c1cc(C(CO)NC(C)CC)cc(Br)c1N. The number of nitrogens with two attached hydrogens (primary N) is 1. The van der Waals surface area contributed by atoms with Crippen LogP contribution in [0.25, 0.3) is 4.85 Å². The predicted octanol–water partition coefficient (Wildman–Crippen LogP) is 3.43. The number of anilines is 1. The van der Waals surface area contributed by atoms with Gasteiger partial charge in [-0.1, -0.05) is 22.9 Å². The molecule has 0 fully saturated rings. The van der Waals surface area contributed by atoms with Gasteiger partial charge in [0.2, 0.25) is 5.69 Å². The highest BCUT2D eigenvalue weighted by atomic mass is 79.9. The van der Waals surface area contributed by atoms with E-state index >= 15 is 0 Å². The van der Waals surface area contributed by atoms with Crippen LogP contribution in [0.15, 0.2) is 16.6 Å². The maximum Gasteiger partial charge on any atom is 0.210 e. The van der Waals surface area contributed by atoms with Gasteiger partial charge in [-0.05, 0) is 31.0 Å². The van der Waals surface area contributed by atoms with Crippen LogP contribution in [0.2, 0.25) is 0 Å². The lowest BCUT2D eigenvalue weighted by Gasteiger charge is -2.22. The molecule has 1 aromatic rings. The molecule has 0 bridgehead atoms. The molecule has 19 heavy (non-hydrogen) atoms. The molecule has 2 unspecified atom stereocenters. The number of hydrogen-bond donors (Lipinski definition) is 3. The molecule has 0 aliphatic rings. The van der Waals surface area contributed by atoms with Gasteiger partial charge in [-0.25, -0.2) is 4.85 Å². The first-order valence-corrected chi connectivity index (χ1v) is 6.66. The van der Waals surface area contributed by atoms with Gasteiger partial charge in [0.1, 0.15) is 0 Å². The van der Waals surface area contributed by atoms with Crippen LogP contribution in [0, 0.1) is 6.57 Å². The minimum atomic E-state index is -0.183. The van der Waals surface area contributed by atoms with E-state index in [0.29, 0.717) is 21.9 Å². The molecule has 0 radical (unpaired) electrons. The molecule has 0 saturated carbocycles. The Morgan fingerprint density at radius 2 is 2.16 bits per heavy atom. The topological polar surface area (TPSA) is 62.6 Å². The quantitative estimate of drug-likeness (QED) is 0.564. The number of nitrogen functional groups attached to an aromatic ring is 1. The van der Waals surface area contributed by atoms with Crippen LogP contribution in [-0.2, 0) is 0 Å². The van der Waals surface area contributed by atoms with Crippen molar-refractivity contribution < 1.29 is 5.11 Å². The van der Waals surface area contributed by atoms with Crippen molar-refractivity contribution in [2.24, 2.45) is 0 Å². The Bertz CT molecular complexity index is 462. The van der Waals surface area contributed by atoms with Gasteiger partial charge in [0.05, 0.1) is 24.9 Å². The van der Waals surface area contributed by atoms with Crippen LogP contribution in [0.5, 0.6) is 0 Å². The molecule has 106 valence electrons. The largest absolute Gasteiger partial charge is 0.406 e. The number of rotatable bonds is 5. The molecule has 0 aliphatic heterocycles. The number of halogens is 2. The predicted molar refractivity (Wildman–Crippen MR) is 84.8 cm³/mol. The molecule has 1 rings (SSSR count). The number of benzene rings is 1. The van der Waals surface area contributed by atoms with Crippen molar-refractivity contribution in [3.8, 4) is 0 Å². The number of aliphatic hydroxyl groups excluding tert-OH is 1. The Balaban J connectivity index is 0.00000324. The third-order valence-corrected chi connectivity index (χ3v) is 3.59.